The SMILES string of the molecule is CN(C(=O)COC(=O)c1n[nH]c(=O)c2ccccc12)C1CCCCC1. The number of hydrogen-bond donors (Lipinski definition) is 1. The van der Waals surface area contributed by atoms with Crippen molar-refractivity contribution in [2.75, 3.05) is 13.7 Å². The topological polar surface area (TPSA) is 92.4 Å². The fourth-order valence-electron chi connectivity index (χ4n) is 3.24. The normalized spacial score (nSPS) is 15.1. The minimum absolute atomic E-state index is 0.00307. The lowest BCUT2D eigenvalue weighted by Crippen LogP contribution is -2.40. The maximum Gasteiger partial charge on any atom is 0.359 e. The summed E-state index contributed by atoms with van der Waals surface area (Å²) in [7, 11) is 1.75. The summed E-state index contributed by atoms with van der Waals surface area (Å²) < 4.78 is 5.14. The lowest BCUT2D eigenvalue weighted by molar-refractivity contribution is -0.135. The Kier molecular flexibility index (Phi) is 5.11. The second-order valence-electron chi connectivity index (χ2n) is 6.32. The number of benzene rings is 1. The number of aromatic amines is 1. The molecule has 7 nitrogen and oxygen atoms in total. The first-order chi connectivity index (χ1) is 12.1. The number of amides is 1. The third-order valence-electron chi connectivity index (χ3n) is 4.73. The van der Waals surface area contributed by atoms with E-state index in [9.17, 15) is 14.4 Å². The molecule has 1 aliphatic rings. The molecule has 1 aliphatic carbocycles. The lowest BCUT2D eigenvalue weighted by atomic mass is 9.94. The number of ether oxygens (including phenoxy) is 1. The Morgan fingerprint density at radius 3 is 2.60 bits per heavy atom. The highest BCUT2D eigenvalue weighted by Crippen LogP contribution is 2.21. The van der Waals surface area contributed by atoms with Crippen molar-refractivity contribution >= 4 is 22.6 Å². The van der Waals surface area contributed by atoms with E-state index in [1.807, 2.05) is 0 Å². The smallest absolute Gasteiger partial charge is 0.359 e. The van der Waals surface area contributed by atoms with Crippen molar-refractivity contribution in [3.8, 4) is 0 Å². The van der Waals surface area contributed by atoms with Gasteiger partial charge in [0.2, 0.25) is 0 Å². The largest absolute Gasteiger partial charge is 0.451 e. The Balaban J connectivity index is 1.68. The molecule has 0 saturated heterocycles. The van der Waals surface area contributed by atoms with Gasteiger partial charge in [-0.15, -0.1) is 0 Å². The molecule has 1 aromatic carbocycles. The summed E-state index contributed by atoms with van der Waals surface area (Å²) in [6.45, 7) is -0.332. The van der Waals surface area contributed by atoms with Crippen molar-refractivity contribution in [1.29, 1.82) is 0 Å². The van der Waals surface area contributed by atoms with Crippen molar-refractivity contribution < 1.29 is 14.3 Å². The molecule has 1 aromatic heterocycles. The molecule has 0 aliphatic heterocycles. The number of aromatic nitrogens is 2. The number of carbonyl (C=O) groups excluding carboxylic acids is 2. The van der Waals surface area contributed by atoms with Gasteiger partial charge in [0.15, 0.2) is 12.3 Å². The van der Waals surface area contributed by atoms with E-state index in [4.69, 9.17) is 4.74 Å². The molecule has 7 heteroatoms. The van der Waals surface area contributed by atoms with Crippen LogP contribution in [0.1, 0.15) is 42.6 Å². The second kappa shape index (κ2) is 7.46. The zero-order valence-electron chi connectivity index (χ0n) is 14.2. The summed E-state index contributed by atoms with van der Waals surface area (Å²) in [6, 6.07) is 6.86. The van der Waals surface area contributed by atoms with E-state index in [1.165, 1.54) is 6.42 Å². The maximum atomic E-state index is 12.3. The number of fused-ring (bicyclic) bond motifs is 1. The molecule has 1 saturated carbocycles. The first kappa shape index (κ1) is 17.1. The Hall–Kier alpha value is -2.70. The van der Waals surface area contributed by atoms with Crippen LogP contribution in [0, 0.1) is 0 Å². The molecule has 1 N–H and O–H groups in total. The van der Waals surface area contributed by atoms with E-state index in [0.717, 1.165) is 25.7 Å². The highest BCUT2D eigenvalue weighted by atomic mass is 16.5. The van der Waals surface area contributed by atoms with Crippen LogP contribution in [0.2, 0.25) is 0 Å². The average Bonchev–Trinajstić information content (AvgIpc) is 2.66. The van der Waals surface area contributed by atoms with Gasteiger partial charge in [0.05, 0.1) is 5.39 Å². The van der Waals surface area contributed by atoms with Crippen LogP contribution in [0.15, 0.2) is 29.1 Å². The third-order valence-corrected chi connectivity index (χ3v) is 4.73. The van der Waals surface area contributed by atoms with E-state index < -0.39 is 5.97 Å². The predicted molar refractivity (Wildman–Crippen MR) is 92.3 cm³/mol. The molecule has 0 bridgehead atoms. The van der Waals surface area contributed by atoms with Crippen molar-refractivity contribution in [2.24, 2.45) is 0 Å². The van der Waals surface area contributed by atoms with E-state index in [1.54, 1.807) is 36.2 Å². The third kappa shape index (κ3) is 3.70. The Morgan fingerprint density at radius 1 is 1.20 bits per heavy atom. The van der Waals surface area contributed by atoms with Crippen molar-refractivity contribution in [3.63, 3.8) is 0 Å². The molecular weight excluding hydrogens is 322 g/mol. The fraction of sp³-hybridized carbons (Fsp3) is 0.444. The van der Waals surface area contributed by atoms with E-state index >= 15 is 0 Å². The number of likely N-dealkylation sites (N-methyl/N-ethyl adjacent to an activating group) is 1. The lowest BCUT2D eigenvalue weighted by Gasteiger charge is -2.31. The van der Waals surface area contributed by atoms with Crippen LogP contribution in [0.25, 0.3) is 10.8 Å². The standard InChI is InChI=1S/C18H21N3O4/c1-21(12-7-3-2-4-8-12)15(22)11-25-18(24)16-13-9-5-6-10-14(13)17(23)20-19-16/h5-6,9-10,12H,2-4,7-8,11H2,1H3,(H,20,23). The molecule has 3 rings (SSSR count). The van der Waals surface area contributed by atoms with Crippen LogP contribution in [0.4, 0.5) is 0 Å². The summed E-state index contributed by atoms with van der Waals surface area (Å²) in [5.74, 6) is -0.952. The molecule has 0 spiro atoms. The van der Waals surface area contributed by atoms with Gasteiger partial charge in [-0.1, -0.05) is 37.5 Å². The molecule has 2 aromatic rings. The molecule has 1 amide bonds. The molecule has 132 valence electrons. The summed E-state index contributed by atoms with van der Waals surface area (Å²) in [5.41, 5.74) is -0.372. The van der Waals surface area contributed by atoms with Crippen LogP contribution in [0.3, 0.4) is 0 Å². The molecule has 1 fully saturated rings. The van der Waals surface area contributed by atoms with Crippen molar-refractivity contribution in [2.45, 2.75) is 38.1 Å². The quantitative estimate of drug-likeness (QED) is 0.856. The number of nitrogens with one attached hydrogen (secondary N) is 1. The average molecular weight is 343 g/mol. The van der Waals surface area contributed by atoms with Crippen LogP contribution in [-0.2, 0) is 9.53 Å². The predicted octanol–water partition coefficient (Wildman–Crippen LogP) is 1.87. The number of carbonyl (C=O) groups is 2. The highest BCUT2D eigenvalue weighted by Gasteiger charge is 2.23. The Morgan fingerprint density at radius 2 is 1.88 bits per heavy atom. The number of rotatable bonds is 4. The number of hydrogen-bond acceptors (Lipinski definition) is 5. The summed E-state index contributed by atoms with van der Waals surface area (Å²) >= 11 is 0. The Bertz CT molecular complexity index is 840. The molecule has 0 atom stereocenters. The zero-order chi connectivity index (χ0) is 17.8. The zero-order valence-corrected chi connectivity index (χ0v) is 14.2. The minimum atomic E-state index is -0.724. The van der Waals surface area contributed by atoms with E-state index in [-0.39, 0.29) is 29.8 Å². The summed E-state index contributed by atoms with van der Waals surface area (Å²) in [5, 5.41) is 6.83. The molecule has 0 radical (unpaired) electrons. The summed E-state index contributed by atoms with van der Waals surface area (Å²) in [4.78, 5) is 38.0. The number of H-pyrrole nitrogens is 1. The van der Waals surface area contributed by atoms with Crippen molar-refractivity contribution in [3.05, 3.63) is 40.3 Å². The molecule has 1 heterocycles. The van der Waals surface area contributed by atoms with Gasteiger partial charge in [-0.3, -0.25) is 9.59 Å². The Labute approximate surface area is 145 Å². The van der Waals surface area contributed by atoms with Gasteiger partial charge in [-0.2, -0.15) is 5.10 Å². The summed E-state index contributed by atoms with van der Waals surface area (Å²) in [6.07, 6.45) is 5.42. The van der Waals surface area contributed by atoms with Gasteiger partial charge >= 0.3 is 5.97 Å². The van der Waals surface area contributed by atoms with E-state index in [0.29, 0.717) is 10.8 Å². The first-order valence-electron chi connectivity index (χ1n) is 8.48. The first-order valence-corrected chi connectivity index (χ1v) is 8.48. The second-order valence-corrected chi connectivity index (χ2v) is 6.32. The molecular formula is C18H21N3O4. The maximum absolute atomic E-state index is 12.3. The van der Waals surface area contributed by atoms with Gasteiger partial charge in [-0.05, 0) is 18.9 Å². The van der Waals surface area contributed by atoms with Gasteiger partial charge < -0.3 is 9.64 Å². The van der Waals surface area contributed by atoms with Gasteiger partial charge in [0, 0.05) is 18.5 Å². The molecule has 25 heavy (non-hydrogen) atoms. The van der Waals surface area contributed by atoms with Gasteiger partial charge in [-0.25, -0.2) is 9.89 Å². The monoisotopic (exact) mass is 343 g/mol. The van der Waals surface area contributed by atoms with Crippen LogP contribution in [0.5, 0.6) is 0 Å². The minimum Gasteiger partial charge on any atom is -0.451 e. The number of nitrogens with zero attached hydrogens (tertiary/aromatic N) is 2. The highest BCUT2D eigenvalue weighted by molar-refractivity contribution is 6.02. The van der Waals surface area contributed by atoms with Crippen LogP contribution >= 0.6 is 0 Å². The molecule has 0 unspecified atom stereocenters. The van der Waals surface area contributed by atoms with Crippen molar-refractivity contribution in [1.82, 2.24) is 15.1 Å². The number of esters is 1. The van der Waals surface area contributed by atoms with Crippen LogP contribution in [-0.4, -0.2) is 46.7 Å². The van der Waals surface area contributed by atoms with Gasteiger partial charge in [0.1, 0.15) is 0 Å². The van der Waals surface area contributed by atoms with Gasteiger partial charge in [0.25, 0.3) is 11.5 Å². The van der Waals surface area contributed by atoms with Crippen LogP contribution < -0.4 is 5.56 Å². The van der Waals surface area contributed by atoms with E-state index in [2.05, 4.69) is 10.2 Å². The fourth-order valence-corrected chi connectivity index (χ4v) is 3.24.